The highest BCUT2D eigenvalue weighted by atomic mass is 79.9. The average Bonchev–Trinajstić information content (AvgIpc) is 2.21. The minimum absolute atomic E-state index is 0.255. The predicted octanol–water partition coefficient (Wildman–Crippen LogP) is 3.40. The number of alkyl halides is 1. The lowest BCUT2D eigenvalue weighted by atomic mass is 10.2. The minimum Gasteiger partial charge on any atom is -0.243 e. The standard InChI is InChI=1S/C10H8BrClN2/c11-4-2-1-3-8-5-9(6-13)10(12)14-7-8/h1,3,5,7H,2,4H2. The summed E-state index contributed by atoms with van der Waals surface area (Å²) < 4.78 is 0. The summed E-state index contributed by atoms with van der Waals surface area (Å²) in [5.41, 5.74) is 1.31. The molecule has 0 saturated carbocycles. The summed E-state index contributed by atoms with van der Waals surface area (Å²) in [5.74, 6) is 0. The number of nitrogens with zero attached hydrogens (tertiary/aromatic N) is 2. The maximum atomic E-state index is 8.71. The van der Waals surface area contributed by atoms with Gasteiger partial charge in [-0.25, -0.2) is 4.98 Å². The second-order valence-corrected chi connectivity index (χ2v) is 3.75. The van der Waals surface area contributed by atoms with E-state index in [0.29, 0.717) is 5.56 Å². The third kappa shape index (κ3) is 3.13. The summed E-state index contributed by atoms with van der Waals surface area (Å²) in [6.45, 7) is 0. The molecule has 0 fully saturated rings. The lowest BCUT2D eigenvalue weighted by Gasteiger charge is -1.95. The second-order valence-electron chi connectivity index (χ2n) is 2.60. The SMILES string of the molecule is N#Cc1cc(C=CCCBr)cnc1Cl. The van der Waals surface area contributed by atoms with Crippen LogP contribution in [0, 0.1) is 11.3 Å². The van der Waals surface area contributed by atoms with Crippen molar-refractivity contribution < 1.29 is 0 Å². The summed E-state index contributed by atoms with van der Waals surface area (Å²) in [4.78, 5) is 3.91. The van der Waals surface area contributed by atoms with Gasteiger partial charge in [0.25, 0.3) is 0 Å². The molecule has 0 aromatic carbocycles. The summed E-state index contributed by atoms with van der Waals surface area (Å²) in [6.07, 6.45) is 6.53. The Morgan fingerprint density at radius 2 is 2.43 bits per heavy atom. The van der Waals surface area contributed by atoms with Crippen LogP contribution in [-0.2, 0) is 0 Å². The first-order valence-electron chi connectivity index (χ1n) is 4.06. The molecule has 0 saturated heterocycles. The number of pyridine rings is 1. The first-order chi connectivity index (χ1) is 6.77. The van der Waals surface area contributed by atoms with Crippen LogP contribution in [-0.4, -0.2) is 10.3 Å². The van der Waals surface area contributed by atoms with Crippen molar-refractivity contribution in [3.05, 3.63) is 34.6 Å². The highest BCUT2D eigenvalue weighted by molar-refractivity contribution is 9.09. The summed E-state index contributed by atoms with van der Waals surface area (Å²) in [5, 5.41) is 9.89. The van der Waals surface area contributed by atoms with Crippen LogP contribution in [0.5, 0.6) is 0 Å². The average molecular weight is 272 g/mol. The van der Waals surface area contributed by atoms with Gasteiger partial charge in [0.05, 0.1) is 5.56 Å². The molecule has 72 valence electrons. The molecule has 0 amide bonds. The van der Waals surface area contributed by atoms with Crippen molar-refractivity contribution in [2.75, 3.05) is 5.33 Å². The van der Waals surface area contributed by atoms with Crippen LogP contribution in [0.25, 0.3) is 6.08 Å². The van der Waals surface area contributed by atoms with Crippen LogP contribution in [0.4, 0.5) is 0 Å². The molecule has 1 heterocycles. The van der Waals surface area contributed by atoms with Gasteiger partial charge in [0.2, 0.25) is 0 Å². The highest BCUT2D eigenvalue weighted by Gasteiger charge is 1.99. The smallest absolute Gasteiger partial charge is 0.146 e. The Hall–Kier alpha value is -0.850. The lowest BCUT2D eigenvalue weighted by Crippen LogP contribution is -1.84. The molecule has 0 aliphatic rings. The van der Waals surface area contributed by atoms with E-state index in [2.05, 4.69) is 20.9 Å². The number of aromatic nitrogens is 1. The van der Waals surface area contributed by atoms with Crippen LogP contribution in [0.2, 0.25) is 5.15 Å². The number of hydrogen-bond acceptors (Lipinski definition) is 2. The molecule has 2 nitrogen and oxygen atoms in total. The molecule has 1 rings (SSSR count). The zero-order chi connectivity index (χ0) is 10.4. The zero-order valence-electron chi connectivity index (χ0n) is 7.37. The van der Waals surface area contributed by atoms with Crippen molar-refractivity contribution in [3.63, 3.8) is 0 Å². The topological polar surface area (TPSA) is 36.7 Å². The monoisotopic (exact) mass is 270 g/mol. The van der Waals surface area contributed by atoms with Crippen LogP contribution >= 0.6 is 27.5 Å². The van der Waals surface area contributed by atoms with Gasteiger partial charge in [-0.3, -0.25) is 0 Å². The zero-order valence-corrected chi connectivity index (χ0v) is 9.72. The normalized spacial score (nSPS) is 10.4. The van der Waals surface area contributed by atoms with Crippen molar-refractivity contribution in [1.29, 1.82) is 5.26 Å². The van der Waals surface area contributed by atoms with E-state index in [1.807, 2.05) is 18.2 Å². The van der Waals surface area contributed by atoms with Gasteiger partial charge in [0.15, 0.2) is 0 Å². The summed E-state index contributed by atoms with van der Waals surface area (Å²) in [7, 11) is 0. The Labute approximate surface area is 96.3 Å². The first kappa shape index (κ1) is 11.2. The molecular weight excluding hydrogens is 263 g/mol. The van der Waals surface area contributed by atoms with E-state index in [1.165, 1.54) is 0 Å². The molecule has 0 radical (unpaired) electrons. The minimum atomic E-state index is 0.255. The number of rotatable bonds is 3. The molecule has 1 aromatic rings. The molecule has 14 heavy (non-hydrogen) atoms. The molecule has 0 N–H and O–H groups in total. The Morgan fingerprint density at radius 3 is 3.07 bits per heavy atom. The van der Waals surface area contributed by atoms with Crippen molar-refractivity contribution in [2.45, 2.75) is 6.42 Å². The molecule has 0 atom stereocenters. The molecule has 0 bridgehead atoms. The molecule has 0 aliphatic carbocycles. The Kier molecular flexibility index (Phi) is 4.64. The van der Waals surface area contributed by atoms with Crippen LogP contribution < -0.4 is 0 Å². The fraction of sp³-hybridized carbons (Fsp3) is 0.200. The van der Waals surface area contributed by atoms with Crippen LogP contribution in [0.15, 0.2) is 18.3 Å². The first-order valence-corrected chi connectivity index (χ1v) is 5.56. The highest BCUT2D eigenvalue weighted by Crippen LogP contribution is 2.14. The van der Waals surface area contributed by atoms with Gasteiger partial charge in [-0.1, -0.05) is 39.7 Å². The Bertz CT molecular complexity index is 382. The van der Waals surface area contributed by atoms with Gasteiger partial charge in [0.1, 0.15) is 11.2 Å². The summed E-state index contributed by atoms with van der Waals surface area (Å²) in [6, 6.07) is 3.71. The van der Waals surface area contributed by atoms with Crippen LogP contribution in [0.3, 0.4) is 0 Å². The van der Waals surface area contributed by atoms with E-state index >= 15 is 0 Å². The maximum Gasteiger partial charge on any atom is 0.146 e. The van der Waals surface area contributed by atoms with Gasteiger partial charge in [-0.2, -0.15) is 5.26 Å². The van der Waals surface area contributed by atoms with Crippen molar-refractivity contribution in [1.82, 2.24) is 4.98 Å². The van der Waals surface area contributed by atoms with Gasteiger partial charge >= 0.3 is 0 Å². The number of nitriles is 1. The van der Waals surface area contributed by atoms with Gasteiger partial charge < -0.3 is 0 Å². The molecule has 1 aromatic heterocycles. The number of halogens is 2. The predicted molar refractivity (Wildman–Crippen MR) is 61.4 cm³/mol. The molecule has 0 aliphatic heterocycles. The third-order valence-corrected chi connectivity index (χ3v) is 2.33. The molecule has 0 unspecified atom stereocenters. The maximum absolute atomic E-state index is 8.71. The largest absolute Gasteiger partial charge is 0.243 e. The lowest BCUT2D eigenvalue weighted by molar-refractivity contribution is 1.26. The van der Waals surface area contributed by atoms with E-state index in [0.717, 1.165) is 17.3 Å². The van der Waals surface area contributed by atoms with Crippen LogP contribution in [0.1, 0.15) is 17.5 Å². The summed E-state index contributed by atoms with van der Waals surface area (Å²) >= 11 is 9.01. The van der Waals surface area contributed by atoms with E-state index in [9.17, 15) is 0 Å². The Morgan fingerprint density at radius 1 is 1.64 bits per heavy atom. The van der Waals surface area contributed by atoms with Gasteiger partial charge in [0, 0.05) is 11.5 Å². The van der Waals surface area contributed by atoms with E-state index in [4.69, 9.17) is 16.9 Å². The third-order valence-electron chi connectivity index (χ3n) is 1.57. The number of allylic oxidation sites excluding steroid dienone is 1. The molecular formula is C10H8BrClN2. The quantitative estimate of drug-likeness (QED) is 0.624. The Balaban J connectivity index is 2.86. The van der Waals surface area contributed by atoms with Crippen molar-refractivity contribution in [2.24, 2.45) is 0 Å². The fourth-order valence-corrected chi connectivity index (χ4v) is 1.33. The van der Waals surface area contributed by atoms with E-state index in [1.54, 1.807) is 12.3 Å². The fourth-order valence-electron chi connectivity index (χ4n) is 0.916. The van der Waals surface area contributed by atoms with Crippen molar-refractivity contribution in [3.8, 4) is 6.07 Å². The molecule has 0 spiro atoms. The molecule has 4 heteroatoms. The van der Waals surface area contributed by atoms with E-state index in [-0.39, 0.29) is 5.15 Å². The number of hydrogen-bond donors (Lipinski definition) is 0. The van der Waals surface area contributed by atoms with Crippen molar-refractivity contribution >= 4 is 33.6 Å². The van der Waals surface area contributed by atoms with E-state index < -0.39 is 0 Å². The van der Waals surface area contributed by atoms with Gasteiger partial charge in [-0.15, -0.1) is 0 Å². The second kappa shape index (κ2) is 5.79. The van der Waals surface area contributed by atoms with Gasteiger partial charge in [-0.05, 0) is 18.1 Å².